The second-order valence-corrected chi connectivity index (χ2v) is 6.05. The molecule has 1 saturated carbocycles. The molecule has 5 nitrogen and oxygen atoms in total. The first-order valence-corrected chi connectivity index (χ1v) is 7.67. The number of aryl methyl sites for hydroxylation is 1. The molecule has 1 unspecified atom stereocenters. The molecule has 1 atom stereocenters. The molecule has 1 N–H and O–H groups in total. The van der Waals surface area contributed by atoms with Crippen molar-refractivity contribution in [3.05, 3.63) is 53.9 Å². The van der Waals surface area contributed by atoms with Crippen LogP contribution < -0.4 is 5.32 Å². The second-order valence-electron chi connectivity index (χ2n) is 6.05. The van der Waals surface area contributed by atoms with Gasteiger partial charge in [0.15, 0.2) is 0 Å². The number of rotatable bonds is 5. The van der Waals surface area contributed by atoms with Gasteiger partial charge in [0.2, 0.25) is 0 Å². The lowest BCUT2D eigenvalue weighted by Gasteiger charge is -2.23. The second kappa shape index (κ2) is 6.22. The fraction of sp³-hybridized carbons (Fsp3) is 0.412. The Balaban J connectivity index is 1.63. The summed E-state index contributed by atoms with van der Waals surface area (Å²) in [4.78, 5) is 14.2. The summed E-state index contributed by atoms with van der Waals surface area (Å²) >= 11 is 0. The molecular formula is C17H22N4O. The number of hydrogen-bond acceptors (Lipinski definition) is 2. The fourth-order valence-electron chi connectivity index (χ4n) is 2.71. The van der Waals surface area contributed by atoms with E-state index in [0.717, 1.165) is 5.56 Å². The number of amides is 2. The van der Waals surface area contributed by atoms with Crippen molar-refractivity contribution in [2.24, 2.45) is 13.0 Å². The van der Waals surface area contributed by atoms with Crippen LogP contribution in [0.5, 0.6) is 0 Å². The summed E-state index contributed by atoms with van der Waals surface area (Å²) in [6.07, 6.45) is 6.09. The number of nitrogens with one attached hydrogen (secondary N) is 1. The standard InChI is InChI=1S/C17H22N4O/c1-20(11-13-10-18-21(2)12-13)17(22)19-16(15-8-9-15)14-6-4-3-5-7-14/h3-7,10,12,15-16H,8-9,11H2,1-2H3,(H,19,22). The molecule has 1 aliphatic rings. The number of benzene rings is 1. The molecule has 2 aromatic rings. The van der Waals surface area contributed by atoms with Gasteiger partial charge in [0.25, 0.3) is 0 Å². The minimum Gasteiger partial charge on any atom is -0.331 e. The summed E-state index contributed by atoms with van der Waals surface area (Å²) in [5, 5.41) is 7.32. The van der Waals surface area contributed by atoms with Gasteiger partial charge >= 0.3 is 6.03 Å². The zero-order valence-corrected chi connectivity index (χ0v) is 13.1. The summed E-state index contributed by atoms with van der Waals surface area (Å²) < 4.78 is 1.75. The average molecular weight is 298 g/mol. The van der Waals surface area contributed by atoms with E-state index in [4.69, 9.17) is 0 Å². The Morgan fingerprint density at radius 3 is 2.73 bits per heavy atom. The third kappa shape index (κ3) is 3.47. The first-order valence-electron chi connectivity index (χ1n) is 7.67. The van der Waals surface area contributed by atoms with Crippen LogP contribution in [0.1, 0.15) is 30.0 Å². The molecule has 0 aliphatic heterocycles. The molecular weight excluding hydrogens is 276 g/mol. The summed E-state index contributed by atoms with van der Waals surface area (Å²) in [6.45, 7) is 0.561. The molecule has 0 radical (unpaired) electrons. The highest BCUT2D eigenvalue weighted by Crippen LogP contribution is 2.40. The molecule has 1 aromatic carbocycles. The van der Waals surface area contributed by atoms with Crippen LogP contribution in [-0.4, -0.2) is 27.8 Å². The van der Waals surface area contributed by atoms with Gasteiger partial charge in [-0.25, -0.2) is 4.79 Å². The van der Waals surface area contributed by atoms with Gasteiger partial charge in [-0.2, -0.15) is 5.10 Å². The number of hydrogen-bond donors (Lipinski definition) is 1. The lowest BCUT2D eigenvalue weighted by Crippen LogP contribution is -2.39. The molecule has 1 heterocycles. The molecule has 1 aromatic heterocycles. The maximum absolute atomic E-state index is 12.5. The lowest BCUT2D eigenvalue weighted by atomic mass is 10.0. The van der Waals surface area contributed by atoms with Gasteiger partial charge in [0.1, 0.15) is 0 Å². The van der Waals surface area contributed by atoms with Gasteiger partial charge < -0.3 is 10.2 Å². The Hall–Kier alpha value is -2.30. The van der Waals surface area contributed by atoms with E-state index in [1.165, 1.54) is 18.4 Å². The van der Waals surface area contributed by atoms with E-state index in [0.29, 0.717) is 12.5 Å². The van der Waals surface area contributed by atoms with Crippen LogP contribution in [0.15, 0.2) is 42.7 Å². The van der Waals surface area contributed by atoms with E-state index in [-0.39, 0.29) is 12.1 Å². The Morgan fingerprint density at radius 1 is 1.41 bits per heavy atom. The quantitative estimate of drug-likeness (QED) is 0.922. The fourth-order valence-corrected chi connectivity index (χ4v) is 2.71. The van der Waals surface area contributed by atoms with Crippen molar-refractivity contribution in [1.82, 2.24) is 20.0 Å². The Labute approximate surface area is 130 Å². The van der Waals surface area contributed by atoms with Gasteiger partial charge in [-0.05, 0) is 24.3 Å². The topological polar surface area (TPSA) is 50.2 Å². The van der Waals surface area contributed by atoms with Crippen molar-refractivity contribution in [3.8, 4) is 0 Å². The maximum atomic E-state index is 12.5. The normalized spacial score (nSPS) is 15.4. The molecule has 116 valence electrons. The summed E-state index contributed by atoms with van der Waals surface area (Å²) in [5.41, 5.74) is 2.22. The van der Waals surface area contributed by atoms with Crippen LogP contribution in [0.3, 0.4) is 0 Å². The smallest absolute Gasteiger partial charge is 0.317 e. The highest BCUT2D eigenvalue weighted by Gasteiger charge is 2.33. The number of nitrogens with zero attached hydrogens (tertiary/aromatic N) is 3. The molecule has 0 saturated heterocycles. The first kappa shape index (κ1) is 14.6. The van der Waals surface area contributed by atoms with Crippen LogP contribution in [-0.2, 0) is 13.6 Å². The van der Waals surface area contributed by atoms with Crippen molar-refractivity contribution in [3.63, 3.8) is 0 Å². The van der Waals surface area contributed by atoms with Gasteiger partial charge in [0, 0.05) is 25.9 Å². The van der Waals surface area contributed by atoms with Gasteiger partial charge in [0.05, 0.1) is 18.8 Å². The zero-order valence-electron chi connectivity index (χ0n) is 13.1. The van der Waals surface area contributed by atoms with E-state index < -0.39 is 0 Å². The number of carbonyl (C=O) groups is 1. The van der Waals surface area contributed by atoms with Crippen molar-refractivity contribution in [1.29, 1.82) is 0 Å². The van der Waals surface area contributed by atoms with Crippen LogP contribution in [0.25, 0.3) is 0 Å². The summed E-state index contributed by atoms with van der Waals surface area (Å²) in [5.74, 6) is 0.568. The minimum atomic E-state index is -0.0374. The average Bonchev–Trinajstić information content (AvgIpc) is 3.28. The van der Waals surface area contributed by atoms with E-state index >= 15 is 0 Å². The van der Waals surface area contributed by atoms with E-state index in [2.05, 4.69) is 22.5 Å². The first-order chi connectivity index (χ1) is 10.6. The van der Waals surface area contributed by atoms with E-state index in [1.807, 2.05) is 38.5 Å². The van der Waals surface area contributed by atoms with Crippen LogP contribution in [0.4, 0.5) is 4.79 Å². The van der Waals surface area contributed by atoms with Crippen LogP contribution in [0, 0.1) is 5.92 Å². The molecule has 1 aliphatic carbocycles. The van der Waals surface area contributed by atoms with E-state index in [9.17, 15) is 4.79 Å². The molecule has 2 amide bonds. The predicted octanol–water partition coefficient (Wildman–Crippen LogP) is 2.71. The highest BCUT2D eigenvalue weighted by atomic mass is 16.2. The lowest BCUT2D eigenvalue weighted by molar-refractivity contribution is 0.201. The van der Waals surface area contributed by atoms with Crippen LogP contribution >= 0.6 is 0 Å². The third-order valence-corrected chi connectivity index (χ3v) is 4.06. The number of aromatic nitrogens is 2. The summed E-state index contributed by atoms with van der Waals surface area (Å²) in [6, 6.07) is 10.3. The van der Waals surface area contributed by atoms with Crippen molar-refractivity contribution >= 4 is 6.03 Å². The van der Waals surface area contributed by atoms with Crippen LogP contribution in [0.2, 0.25) is 0 Å². The predicted molar refractivity (Wildman–Crippen MR) is 85.1 cm³/mol. The molecule has 0 bridgehead atoms. The molecule has 1 fully saturated rings. The Morgan fingerprint density at radius 2 is 2.14 bits per heavy atom. The Bertz CT molecular complexity index is 633. The highest BCUT2D eigenvalue weighted by molar-refractivity contribution is 5.74. The van der Waals surface area contributed by atoms with Gasteiger partial charge in [-0.15, -0.1) is 0 Å². The molecule has 5 heteroatoms. The van der Waals surface area contributed by atoms with Gasteiger partial charge in [-0.1, -0.05) is 30.3 Å². The Kier molecular flexibility index (Phi) is 4.13. The van der Waals surface area contributed by atoms with Crippen molar-refractivity contribution in [2.45, 2.75) is 25.4 Å². The molecule has 0 spiro atoms. The van der Waals surface area contributed by atoms with Crippen molar-refractivity contribution < 1.29 is 4.79 Å². The third-order valence-electron chi connectivity index (χ3n) is 4.06. The summed E-state index contributed by atoms with van der Waals surface area (Å²) in [7, 11) is 3.69. The monoisotopic (exact) mass is 298 g/mol. The zero-order chi connectivity index (χ0) is 15.5. The largest absolute Gasteiger partial charge is 0.331 e. The SMILES string of the molecule is CN(Cc1cnn(C)c1)C(=O)NC(c1ccccc1)C1CC1. The number of carbonyl (C=O) groups excluding carboxylic acids is 1. The minimum absolute atomic E-state index is 0.0374. The number of urea groups is 1. The molecule has 22 heavy (non-hydrogen) atoms. The van der Waals surface area contributed by atoms with E-state index in [1.54, 1.807) is 15.8 Å². The maximum Gasteiger partial charge on any atom is 0.317 e. The van der Waals surface area contributed by atoms with Gasteiger partial charge in [-0.3, -0.25) is 4.68 Å². The molecule has 3 rings (SSSR count). The van der Waals surface area contributed by atoms with Crippen molar-refractivity contribution in [2.75, 3.05) is 7.05 Å².